The van der Waals surface area contributed by atoms with Crippen molar-refractivity contribution < 1.29 is 0 Å². The highest BCUT2D eigenvalue weighted by atomic mass is 15.1. The molecule has 0 aromatic carbocycles. The molecule has 2 rings (SSSR count). The maximum absolute atomic E-state index is 5.82. The molecule has 0 aliphatic carbocycles. The van der Waals surface area contributed by atoms with Gasteiger partial charge in [0.2, 0.25) is 0 Å². The van der Waals surface area contributed by atoms with E-state index < -0.39 is 0 Å². The number of hydrogen-bond donors (Lipinski definition) is 1. The van der Waals surface area contributed by atoms with Gasteiger partial charge >= 0.3 is 0 Å². The molecule has 1 aromatic rings. The third kappa shape index (κ3) is 3.02. The minimum Gasteiger partial charge on any atom is -0.370 e. The molecule has 1 fully saturated rings. The van der Waals surface area contributed by atoms with E-state index in [-0.39, 0.29) is 0 Å². The van der Waals surface area contributed by atoms with Crippen LogP contribution in [-0.2, 0) is 6.54 Å². The van der Waals surface area contributed by atoms with E-state index in [0.29, 0.717) is 6.54 Å². The highest BCUT2D eigenvalue weighted by Crippen LogP contribution is 2.28. The van der Waals surface area contributed by atoms with Crippen molar-refractivity contribution in [2.75, 3.05) is 18.0 Å². The van der Waals surface area contributed by atoms with Crippen molar-refractivity contribution >= 4 is 5.69 Å². The van der Waals surface area contributed by atoms with Gasteiger partial charge in [-0.05, 0) is 42.7 Å². The molecule has 1 aromatic heterocycles. The van der Waals surface area contributed by atoms with E-state index >= 15 is 0 Å². The predicted octanol–water partition coefficient (Wildman–Crippen LogP) is 2.80. The Hall–Kier alpha value is -1.09. The minimum absolute atomic E-state index is 0.599. The molecule has 2 N–H and O–H groups in total. The van der Waals surface area contributed by atoms with Gasteiger partial charge in [-0.1, -0.05) is 13.8 Å². The zero-order valence-corrected chi connectivity index (χ0v) is 11.6. The summed E-state index contributed by atoms with van der Waals surface area (Å²) in [7, 11) is 0. The van der Waals surface area contributed by atoms with Crippen molar-refractivity contribution in [1.82, 2.24) is 4.98 Å². The Balaban J connectivity index is 2.10. The van der Waals surface area contributed by atoms with Crippen LogP contribution >= 0.6 is 0 Å². The van der Waals surface area contributed by atoms with Crippen molar-refractivity contribution in [3.05, 3.63) is 24.0 Å². The van der Waals surface area contributed by atoms with Gasteiger partial charge in [-0.3, -0.25) is 4.98 Å². The highest BCUT2D eigenvalue weighted by molar-refractivity contribution is 5.51. The quantitative estimate of drug-likeness (QED) is 0.893. The number of aromatic nitrogens is 1. The second kappa shape index (κ2) is 6.19. The Bertz CT molecular complexity index is 376. The molecule has 100 valence electrons. The van der Waals surface area contributed by atoms with Gasteiger partial charge in [0, 0.05) is 25.8 Å². The molecule has 0 amide bonds. The summed E-state index contributed by atoms with van der Waals surface area (Å²) < 4.78 is 0. The second-order valence-electron chi connectivity index (χ2n) is 5.63. The lowest BCUT2D eigenvalue weighted by Gasteiger charge is -2.25. The molecule has 0 bridgehead atoms. The van der Waals surface area contributed by atoms with Crippen molar-refractivity contribution in [3.63, 3.8) is 0 Å². The summed E-state index contributed by atoms with van der Waals surface area (Å²) >= 11 is 0. The van der Waals surface area contributed by atoms with Gasteiger partial charge in [-0.25, -0.2) is 0 Å². The van der Waals surface area contributed by atoms with E-state index in [4.69, 9.17) is 5.73 Å². The van der Waals surface area contributed by atoms with Crippen molar-refractivity contribution in [3.8, 4) is 0 Å². The van der Waals surface area contributed by atoms with Crippen LogP contribution in [0.2, 0.25) is 0 Å². The Labute approximate surface area is 110 Å². The lowest BCUT2D eigenvalue weighted by Crippen LogP contribution is -2.26. The van der Waals surface area contributed by atoms with E-state index in [0.717, 1.165) is 24.9 Å². The zero-order chi connectivity index (χ0) is 13.0. The fraction of sp³-hybridized carbons (Fsp3) is 0.667. The lowest BCUT2D eigenvalue weighted by atomic mass is 9.89. The van der Waals surface area contributed by atoms with Gasteiger partial charge < -0.3 is 10.6 Å². The van der Waals surface area contributed by atoms with Crippen molar-refractivity contribution in [2.24, 2.45) is 17.6 Å². The first-order chi connectivity index (χ1) is 8.72. The minimum atomic E-state index is 0.599. The summed E-state index contributed by atoms with van der Waals surface area (Å²) in [6.07, 6.45) is 7.73. The van der Waals surface area contributed by atoms with Crippen LogP contribution in [0.5, 0.6) is 0 Å². The fourth-order valence-corrected chi connectivity index (χ4v) is 2.90. The van der Waals surface area contributed by atoms with E-state index in [9.17, 15) is 0 Å². The number of rotatable bonds is 3. The number of anilines is 1. The average Bonchev–Trinajstić information content (AvgIpc) is 2.64. The third-order valence-electron chi connectivity index (χ3n) is 4.16. The van der Waals surface area contributed by atoms with Gasteiger partial charge in [0.25, 0.3) is 0 Å². The van der Waals surface area contributed by atoms with E-state index in [1.54, 1.807) is 0 Å². The molecule has 1 atom stereocenters. The van der Waals surface area contributed by atoms with Gasteiger partial charge in [-0.15, -0.1) is 0 Å². The second-order valence-corrected chi connectivity index (χ2v) is 5.63. The number of pyridine rings is 1. The third-order valence-corrected chi connectivity index (χ3v) is 4.16. The van der Waals surface area contributed by atoms with Crippen LogP contribution in [0.4, 0.5) is 5.69 Å². The first-order valence-electron chi connectivity index (χ1n) is 7.10. The van der Waals surface area contributed by atoms with Crippen LogP contribution < -0.4 is 10.6 Å². The van der Waals surface area contributed by atoms with Gasteiger partial charge in [0.15, 0.2) is 0 Å². The fourth-order valence-electron chi connectivity index (χ4n) is 2.90. The molecule has 2 heterocycles. The Morgan fingerprint density at radius 1 is 1.39 bits per heavy atom. The molecule has 0 saturated carbocycles. The smallest absolute Gasteiger partial charge is 0.0598 e. The van der Waals surface area contributed by atoms with Crippen LogP contribution in [0.1, 0.15) is 38.7 Å². The lowest BCUT2D eigenvalue weighted by molar-refractivity contribution is 0.351. The van der Waals surface area contributed by atoms with Crippen molar-refractivity contribution in [1.29, 1.82) is 0 Å². The van der Waals surface area contributed by atoms with Crippen LogP contribution in [-0.4, -0.2) is 18.1 Å². The summed E-state index contributed by atoms with van der Waals surface area (Å²) in [4.78, 5) is 6.73. The number of hydrogen-bond acceptors (Lipinski definition) is 3. The molecule has 1 unspecified atom stereocenters. The molecular formula is C15H25N3. The highest BCUT2D eigenvalue weighted by Gasteiger charge is 2.20. The van der Waals surface area contributed by atoms with E-state index in [1.807, 2.05) is 18.5 Å². The van der Waals surface area contributed by atoms with Crippen molar-refractivity contribution in [2.45, 2.75) is 39.7 Å². The van der Waals surface area contributed by atoms with Crippen LogP contribution in [0.3, 0.4) is 0 Å². The van der Waals surface area contributed by atoms with E-state index in [2.05, 4.69) is 23.7 Å². The summed E-state index contributed by atoms with van der Waals surface area (Å²) in [5, 5.41) is 0. The molecule has 18 heavy (non-hydrogen) atoms. The standard InChI is InChI=1S/C15H25N3/c1-12(2)13-4-3-8-18(9-6-13)15-11-17-7-5-14(15)10-16/h5,7,11-13H,3-4,6,8-10,16H2,1-2H3. The predicted molar refractivity (Wildman–Crippen MR) is 76.5 cm³/mol. The maximum atomic E-state index is 5.82. The Kier molecular flexibility index (Phi) is 4.59. The van der Waals surface area contributed by atoms with Crippen LogP contribution in [0.25, 0.3) is 0 Å². The summed E-state index contributed by atoms with van der Waals surface area (Å²) in [5.74, 6) is 1.67. The first kappa shape index (κ1) is 13.3. The normalized spacial score (nSPS) is 21.1. The summed E-state index contributed by atoms with van der Waals surface area (Å²) in [6.45, 7) is 7.57. The largest absolute Gasteiger partial charge is 0.370 e. The Morgan fingerprint density at radius 3 is 2.94 bits per heavy atom. The number of nitrogens with zero attached hydrogens (tertiary/aromatic N) is 2. The first-order valence-corrected chi connectivity index (χ1v) is 7.10. The monoisotopic (exact) mass is 247 g/mol. The zero-order valence-electron chi connectivity index (χ0n) is 11.6. The molecular weight excluding hydrogens is 222 g/mol. The van der Waals surface area contributed by atoms with Gasteiger partial charge in [0.05, 0.1) is 11.9 Å². The molecule has 3 nitrogen and oxygen atoms in total. The molecule has 3 heteroatoms. The topological polar surface area (TPSA) is 42.2 Å². The molecule has 1 saturated heterocycles. The number of nitrogens with two attached hydrogens (primary N) is 1. The molecule has 0 radical (unpaired) electrons. The van der Waals surface area contributed by atoms with Gasteiger partial charge in [0.1, 0.15) is 0 Å². The summed E-state index contributed by atoms with van der Waals surface area (Å²) in [5.41, 5.74) is 8.27. The molecule has 1 aliphatic rings. The molecule has 1 aliphatic heterocycles. The maximum Gasteiger partial charge on any atom is 0.0598 e. The van der Waals surface area contributed by atoms with Crippen LogP contribution in [0.15, 0.2) is 18.5 Å². The Morgan fingerprint density at radius 2 is 2.22 bits per heavy atom. The SMILES string of the molecule is CC(C)C1CCCN(c2cnccc2CN)CC1. The van der Waals surface area contributed by atoms with E-state index in [1.165, 1.54) is 30.5 Å². The molecule has 0 spiro atoms. The van der Waals surface area contributed by atoms with Crippen LogP contribution in [0, 0.1) is 11.8 Å². The van der Waals surface area contributed by atoms with Gasteiger partial charge in [-0.2, -0.15) is 0 Å². The summed E-state index contributed by atoms with van der Waals surface area (Å²) in [6, 6.07) is 2.04. The average molecular weight is 247 g/mol.